The van der Waals surface area contributed by atoms with E-state index in [1.165, 1.54) is 0 Å². The monoisotopic (exact) mass is 468 g/mol. The molecule has 0 rings (SSSR count). The molecule has 0 aliphatic rings. The quantitative estimate of drug-likeness (QED) is 0.219. The average molecular weight is 468 g/mol. The summed E-state index contributed by atoms with van der Waals surface area (Å²) in [5, 5.41) is 12.6. The number of aliphatic carboxylic acids is 1. The van der Waals surface area contributed by atoms with Crippen LogP contribution in [-0.4, -0.2) is 31.2 Å². The van der Waals surface area contributed by atoms with Crippen LogP contribution >= 0.6 is 0 Å². The van der Waals surface area contributed by atoms with Crippen LogP contribution in [0.4, 0.5) is 4.79 Å². The van der Waals surface area contributed by atoms with E-state index in [-0.39, 0.29) is 31.2 Å². The van der Waals surface area contributed by atoms with Gasteiger partial charge in [0.25, 0.3) is 0 Å². The molecule has 0 spiro atoms. The molecule has 0 aromatic carbocycles. The summed E-state index contributed by atoms with van der Waals surface area (Å²) < 4.78 is 6.44. The van der Waals surface area contributed by atoms with E-state index in [9.17, 15) is 14.7 Å². The molecule has 0 saturated carbocycles. The molecule has 0 fully saturated rings. The Kier molecular flexibility index (Phi) is 10.1. The molecule has 0 aliphatic carbocycles. The van der Waals surface area contributed by atoms with Crippen LogP contribution in [0.5, 0.6) is 0 Å². The van der Waals surface area contributed by atoms with E-state index in [1.54, 1.807) is 13.0 Å². The number of ether oxygens (including phenoxy) is 1. The number of carbonyl (C=O) groups excluding carboxylic acids is 1. The van der Waals surface area contributed by atoms with Gasteiger partial charge in [0, 0.05) is 0 Å². The number of rotatable bonds is 10. The second kappa shape index (κ2) is 10.4. The predicted molar refractivity (Wildman–Crippen MR) is 97.2 cm³/mol. The topological polar surface area (TPSA) is 75.6 Å². The molecule has 0 radical (unpaired) electrons. The fourth-order valence-electron chi connectivity index (χ4n) is 2.42. The first-order valence-electron chi connectivity index (χ1n) is 8.72. The van der Waals surface area contributed by atoms with Crippen molar-refractivity contribution in [2.75, 3.05) is 4.43 Å². The molecule has 2 unspecified atom stereocenters. The van der Waals surface area contributed by atoms with Crippen molar-refractivity contribution >= 4 is 12.1 Å². The first-order valence-corrected chi connectivity index (χ1v) is 11.5. The number of alkyl halides is 2. The van der Waals surface area contributed by atoms with Gasteiger partial charge in [0.05, 0.1) is 0 Å². The molecule has 148 valence electrons. The summed E-state index contributed by atoms with van der Waals surface area (Å²) in [4.78, 5) is 23.9. The summed E-state index contributed by atoms with van der Waals surface area (Å²) in [5.74, 6) is -0.209. The minimum atomic E-state index is -0.864. The second-order valence-corrected chi connectivity index (χ2v) is 11.4. The summed E-state index contributed by atoms with van der Waals surface area (Å²) in [7, 11) is 0. The zero-order chi connectivity index (χ0) is 19.8. The summed E-state index contributed by atoms with van der Waals surface area (Å²) in [6, 6.07) is 0. The van der Waals surface area contributed by atoms with Gasteiger partial charge in [0.1, 0.15) is 0 Å². The molecular weight excluding hydrogens is 433 g/mol. The van der Waals surface area contributed by atoms with Crippen molar-refractivity contribution in [1.82, 2.24) is 5.32 Å². The van der Waals surface area contributed by atoms with Crippen LogP contribution in [0, 0.1) is 17.3 Å². The first kappa shape index (κ1) is 24.2. The summed E-state index contributed by atoms with van der Waals surface area (Å²) >= 11 is -0.313. The molecule has 2 N–H and O–H groups in total. The number of alkyl carbamates (subject to hydrolysis) is 1. The molecule has 5 nitrogen and oxygen atoms in total. The number of carboxylic acids is 1. The maximum absolute atomic E-state index is 12.2. The van der Waals surface area contributed by atoms with Gasteiger partial charge in [-0.1, -0.05) is 0 Å². The molecule has 3 atom stereocenters. The zero-order valence-corrected chi connectivity index (χ0v) is 18.8. The summed E-state index contributed by atoms with van der Waals surface area (Å²) in [5.41, 5.74) is -1.41. The van der Waals surface area contributed by atoms with Gasteiger partial charge in [-0.25, -0.2) is 0 Å². The molecule has 0 saturated heterocycles. The van der Waals surface area contributed by atoms with E-state index in [0.29, 0.717) is 18.8 Å². The van der Waals surface area contributed by atoms with E-state index >= 15 is 0 Å². The number of halogens is 1. The number of carboxylic acid groups (broad SMARTS) is 1. The van der Waals surface area contributed by atoms with Crippen molar-refractivity contribution in [2.24, 2.45) is 17.3 Å². The van der Waals surface area contributed by atoms with Crippen LogP contribution in [0.25, 0.3) is 0 Å². The van der Waals surface area contributed by atoms with Gasteiger partial charge in [0.15, 0.2) is 0 Å². The molecule has 0 aromatic heterocycles. The van der Waals surface area contributed by atoms with E-state index in [1.807, 2.05) is 27.7 Å². The van der Waals surface area contributed by atoms with Gasteiger partial charge >= 0.3 is 163 Å². The Morgan fingerprint density at radius 3 is 2.20 bits per heavy atom. The molecule has 6 heteroatoms. The van der Waals surface area contributed by atoms with Crippen molar-refractivity contribution < 1.29 is 40.6 Å². The van der Waals surface area contributed by atoms with E-state index in [4.69, 9.17) is 4.74 Å². The van der Waals surface area contributed by atoms with Gasteiger partial charge in [-0.15, -0.1) is 0 Å². The molecule has 1 amide bonds. The van der Waals surface area contributed by atoms with Crippen LogP contribution in [0.15, 0.2) is 12.7 Å². The fourth-order valence-corrected chi connectivity index (χ4v) is 5.58. The van der Waals surface area contributed by atoms with Crippen LogP contribution in [0.3, 0.4) is 0 Å². The van der Waals surface area contributed by atoms with Crippen LogP contribution in [0.2, 0.25) is 0 Å². The number of allylic oxidation sites excluding steroid dienone is 1. The molecule has 0 aromatic rings. The van der Waals surface area contributed by atoms with E-state index in [2.05, 4.69) is 25.7 Å². The molecule has 0 bridgehead atoms. The molecule has 25 heavy (non-hydrogen) atoms. The first-order chi connectivity index (χ1) is 11.3. The van der Waals surface area contributed by atoms with Crippen LogP contribution in [0.1, 0.15) is 61.3 Å². The van der Waals surface area contributed by atoms with E-state index in [0.717, 1.165) is 4.43 Å². The van der Waals surface area contributed by atoms with Crippen molar-refractivity contribution in [1.29, 1.82) is 0 Å². The Bertz CT molecular complexity index is 459. The predicted octanol–water partition coefficient (Wildman–Crippen LogP) is 1.28. The standard InChI is InChI=1S/C19H35INO4/c1-9-10-19(8,16(22)23)11-14(4)15(20-12-13(2)3)21-17(24)25-18(5,6)7/h9,13-15H,1,10-12H2,2-8H3,(H,21,24)(H,22,23)/q-1/t14?,15?,19-/m0/s1. The SMILES string of the molecule is C=CC[C@@](C)(CC(C)C(NC(=O)OC(C)(C)C)[I-]CC(C)C)C(=O)O. The molecule has 0 aliphatic heterocycles. The zero-order valence-electron chi connectivity index (χ0n) is 16.7. The number of hydrogen-bond acceptors (Lipinski definition) is 3. The number of nitrogens with one attached hydrogen (secondary N) is 1. The third kappa shape index (κ3) is 10.1. The van der Waals surface area contributed by atoms with Crippen molar-refractivity contribution in [2.45, 2.75) is 71.0 Å². The van der Waals surface area contributed by atoms with Gasteiger partial charge in [-0.05, 0) is 0 Å². The van der Waals surface area contributed by atoms with Crippen LogP contribution < -0.4 is 26.5 Å². The normalized spacial score (nSPS) is 16.8. The third-order valence-corrected chi connectivity index (χ3v) is 8.36. The third-order valence-electron chi connectivity index (χ3n) is 3.60. The maximum atomic E-state index is 12.2. The van der Waals surface area contributed by atoms with Gasteiger partial charge in [-0.3, -0.25) is 0 Å². The Morgan fingerprint density at radius 1 is 1.24 bits per heavy atom. The van der Waals surface area contributed by atoms with Crippen LogP contribution in [-0.2, 0) is 9.53 Å². The Morgan fingerprint density at radius 2 is 1.80 bits per heavy atom. The summed E-state index contributed by atoms with van der Waals surface area (Å²) in [6.45, 7) is 17.3. The molecular formula is C19H35INO4-. The van der Waals surface area contributed by atoms with E-state index < -0.39 is 23.1 Å². The Balaban J connectivity index is 5.14. The Labute approximate surface area is 163 Å². The number of hydrogen-bond donors (Lipinski definition) is 2. The van der Waals surface area contributed by atoms with Gasteiger partial charge in [-0.2, -0.15) is 0 Å². The summed E-state index contributed by atoms with van der Waals surface area (Å²) in [6.07, 6.45) is 2.13. The Hall–Kier alpha value is -0.790. The molecule has 0 heterocycles. The average Bonchev–Trinajstić information content (AvgIpc) is 2.41. The van der Waals surface area contributed by atoms with Gasteiger partial charge in [0.2, 0.25) is 0 Å². The number of carbonyl (C=O) groups is 2. The second-order valence-electron chi connectivity index (χ2n) is 8.29. The van der Waals surface area contributed by atoms with Crippen molar-refractivity contribution in [3.05, 3.63) is 12.7 Å². The number of amides is 1. The minimum absolute atomic E-state index is 0.0143. The fraction of sp³-hybridized carbons (Fsp3) is 0.789. The van der Waals surface area contributed by atoms with Gasteiger partial charge < -0.3 is 0 Å². The van der Waals surface area contributed by atoms with Crippen molar-refractivity contribution in [3.63, 3.8) is 0 Å². The van der Waals surface area contributed by atoms with Crippen molar-refractivity contribution in [3.8, 4) is 0 Å².